The van der Waals surface area contributed by atoms with E-state index in [2.05, 4.69) is 20.6 Å². The Labute approximate surface area is 181 Å². The number of aromatic amines is 1. The Morgan fingerprint density at radius 1 is 1.33 bits per heavy atom. The van der Waals surface area contributed by atoms with Gasteiger partial charge in [-0.3, -0.25) is 9.59 Å². The van der Waals surface area contributed by atoms with Gasteiger partial charge in [-0.1, -0.05) is 6.07 Å². The van der Waals surface area contributed by atoms with Gasteiger partial charge in [-0.2, -0.15) is 11.8 Å². The summed E-state index contributed by atoms with van der Waals surface area (Å²) in [5, 5.41) is 15.6. The lowest BCUT2D eigenvalue weighted by molar-refractivity contribution is -0.139. The van der Waals surface area contributed by atoms with E-state index in [0.29, 0.717) is 35.6 Å². The van der Waals surface area contributed by atoms with E-state index in [0.717, 1.165) is 15.8 Å². The van der Waals surface area contributed by atoms with E-state index >= 15 is 0 Å². The summed E-state index contributed by atoms with van der Waals surface area (Å²) >= 11 is 2.79. The number of H-pyrrole nitrogens is 1. The third kappa shape index (κ3) is 5.61. The zero-order valence-electron chi connectivity index (χ0n) is 16.3. The molecule has 2 amide bonds. The summed E-state index contributed by atoms with van der Waals surface area (Å²) in [6.45, 7) is 0. The minimum atomic E-state index is -1.05. The number of amides is 2. The molecule has 2 aromatic heterocycles. The van der Waals surface area contributed by atoms with Gasteiger partial charge in [0.05, 0.1) is 11.2 Å². The highest BCUT2D eigenvalue weighted by molar-refractivity contribution is 7.98. The number of carboxylic acids is 1. The van der Waals surface area contributed by atoms with Crippen LogP contribution in [0.25, 0.3) is 10.1 Å². The number of anilines is 1. The number of carbonyl (C=O) groups excluding carboxylic acids is 2. The standard InChI is InChI=1S/C20H22N4O4S2/c1-29-8-7-15(20(27)28)24-19(26)17-9-13-14(3-2-4-16(13)30-17)23-18(25)6-5-12-10-21-11-22-12/h2-4,9-11,15H,5-8H2,1H3,(H,21,22)(H,23,25)(H,24,26)(H,27,28)/t15-/m0/s1. The number of aryl methyl sites for hydroxylation is 1. The predicted molar refractivity (Wildman–Crippen MR) is 119 cm³/mol. The highest BCUT2D eigenvalue weighted by Gasteiger charge is 2.22. The van der Waals surface area contributed by atoms with E-state index in [4.69, 9.17) is 0 Å². The number of nitrogens with zero attached hydrogens (tertiary/aromatic N) is 1. The van der Waals surface area contributed by atoms with Gasteiger partial charge in [0, 0.05) is 34.1 Å². The monoisotopic (exact) mass is 446 g/mol. The van der Waals surface area contributed by atoms with Crippen molar-refractivity contribution in [1.82, 2.24) is 15.3 Å². The molecule has 4 N–H and O–H groups in total. The van der Waals surface area contributed by atoms with E-state index in [1.54, 1.807) is 24.7 Å². The van der Waals surface area contributed by atoms with Crippen LogP contribution in [0.2, 0.25) is 0 Å². The van der Waals surface area contributed by atoms with E-state index in [1.807, 2.05) is 18.4 Å². The first-order valence-electron chi connectivity index (χ1n) is 9.30. The Balaban J connectivity index is 1.70. The molecule has 10 heteroatoms. The van der Waals surface area contributed by atoms with Crippen molar-refractivity contribution in [3.63, 3.8) is 0 Å². The normalized spacial score (nSPS) is 11.9. The number of rotatable bonds is 10. The molecule has 158 valence electrons. The quantitative estimate of drug-likeness (QED) is 0.379. The number of aromatic nitrogens is 2. The fraction of sp³-hybridized carbons (Fsp3) is 0.300. The number of imidazole rings is 1. The summed E-state index contributed by atoms with van der Waals surface area (Å²) in [6.07, 6.45) is 6.34. The van der Waals surface area contributed by atoms with E-state index in [1.165, 1.54) is 23.1 Å². The van der Waals surface area contributed by atoms with Crippen LogP contribution in [0.15, 0.2) is 36.8 Å². The number of carbonyl (C=O) groups is 3. The second-order valence-corrected chi connectivity index (χ2v) is 8.67. The molecule has 0 saturated carbocycles. The molecule has 3 aromatic rings. The first kappa shape index (κ1) is 21.8. The van der Waals surface area contributed by atoms with Crippen molar-refractivity contribution >= 4 is 56.7 Å². The number of carboxylic acid groups (broad SMARTS) is 1. The van der Waals surface area contributed by atoms with Crippen molar-refractivity contribution in [3.05, 3.63) is 47.4 Å². The maximum absolute atomic E-state index is 12.6. The zero-order valence-corrected chi connectivity index (χ0v) is 17.9. The van der Waals surface area contributed by atoms with Crippen molar-refractivity contribution in [2.24, 2.45) is 0 Å². The minimum absolute atomic E-state index is 0.141. The lowest BCUT2D eigenvalue weighted by Crippen LogP contribution is -2.40. The molecule has 0 bridgehead atoms. The summed E-state index contributed by atoms with van der Waals surface area (Å²) in [7, 11) is 0. The lowest BCUT2D eigenvalue weighted by atomic mass is 10.2. The fourth-order valence-corrected chi connectivity index (χ4v) is 4.35. The first-order chi connectivity index (χ1) is 14.5. The van der Waals surface area contributed by atoms with Gasteiger partial charge >= 0.3 is 5.97 Å². The third-order valence-electron chi connectivity index (χ3n) is 4.45. The second kappa shape index (κ2) is 10.3. The first-order valence-corrected chi connectivity index (χ1v) is 11.5. The van der Waals surface area contributed by atoms with Crippen molar-refractivity contribution in [3.8, 4) is 0 Å². The van der Waals surface area contributed by atoms with Gasteiger partial charge < -0.3 is 20.7 Å². The minimum Gasteiger partial charge on any atom is -0.480 e. The van der Waals surface area contributed by atoms with Crippen molar-refractivity contribution in [2.45, 2.75) is 25.3 Å². The molecule has 0 aliphatic rings. The van der Waals surface area contributed by atoms with Crippen LogP contribution >= 0.6 is 23.1 Å². The molecule has 0 unspecified atom stereocenters. The average Bonchev–Trinajstić information content (AvgIpc) is 3.39. The molecule has 1 aromatic carbocycles. The van der Waals surface area contributed by atoms with Gasteiger partial charge in [0.1, 0.15) is 6.04 Å². The highest BCUT2D eigenvalue weighted by Crippen LogP contribution is 2.31. The molecule has 3 rings (SSSR count). The Kier molecular flexibility index (Phi) is 7.47. The Morgan fingerprint density at radius 2 is 2.17 bits per heavy atom. The molecule has 0 fully saturated rings. The Bertz CT molecular complexity index is 1030. The molecule has 0 saturated heterocycles. The molecular formula is C20H22N4O4S2. The molecular weight excluding hydrogens is 424 g/mol. The SMILES string of the molecule is CSCC[C@H](NC(=O)c1cc2c(NC(=O)CCc3cnc[nH]3)cccc2s1)C(=O)O. The number of hydrogen-bond donors (Lipinski definition) is 4. The maximum atomic E-state index is 12.6. The van der Waals surface area contributed by atoms with Crippen LogP contribution in [0.4, 0.5) is 5.69 Å². The molecule has 0 spiro atoms. The van der Waals surface area contributed by atoms with E-state index < -0.39 is 17.9 Å². The molecule has 30 heavy (non-hydrogen) atoms. The number of aliphatic carboxylic acids is 1. The number of fused-ring (bicyclic) bond motifs is 1. The molecule has 0 aliphatic carbocycles. The summed E-state index contributed by atoms with van der Waals surface area (Å²) < 4.78 is 0.836. The van der Waals surface area contributed by atoms with Crippen LogP contribution < -0.4 is 10.6 Å². The average molecular weight is 447 g/mol. The van der Waals surface area contributed by atoms with Crippen LogP contribution in [0.3, 0.4) is 0 Å². The van der Waals surface area contributed by atoms with Gasteiger partial charge in [-0.15, -0.1) is 11.3 Å². The second-order valence-electron chi connectivity index (χ2n) is 6.60. The summed E-state index contributed by atoms with van der Waals surface area (Å²) in [5.41, 5.74) is 1.50. The molecule has 1 atom stereocenters. The third-order valence-corrected chi connectivity index (χ3v) is 6.19. The van der Waals surface area contributed by atoms with Crippen LogP contribution in [0, 0.1) is 0 Å². The van der Waals surface area contributed by atoms with Crippen molar-refractivity contribution in [1.29, 1.82) is 0 Å². The summed E-state index contributed by atoms with van der Waals surface area (Å²) in [4.78, 5) is 43.6. The van der Waals surface area contributed by atoms with Gasteiger partial charge in [0.15, 0.2) is 0 Å². The number of thiophene rings is 1. The number of hydrogen-bond acceptors (Lipinski definition) is 6. The van der Waals surface area contributed by atoms with Crippen LogP contribution in [-0.2, 0) is 16.0 Å². The van der Waals surface area contributed by atoms with Gasteiger partial charge in [-0.25, -0.2) is 9.78 Å². The van der Waals surface area contributed by atoms with Crippen molar-refractivity contribution in [2.75, 3.05) is 17.3 Å². The van der Waals surface area contributed by atoms with E-state index in [-0.39, 0.29) is 5.91 Å². The van der Waals surface area contributed by atoms with Crippen LogP contribution in [-0.4, -0.2) is 50.9 Å². The van der Waals surface area contributed by atoms with Crippen molar-refractivity contribution < 1.29 is 19.5 Å². The topological polar surface area (TPSA) is 124 Å². The predicted octanol–water partition coefficient (Wildman–Crippen LogP) is 3.13. The smallest absolute Gasteiger partial charge is 0.326 e. The van der Waals surface area contributed by atoms with Gasteiger partial charge in [0.25, 0.3) is 5.91 Å². The zero-order chi connectivity index (χ0) is 21.5. The molecule has 8 nitrogen and oxygen atoms in total. The Hall–Kier alpha value is -2.85. The fourth-order valence-electron chi connectivity index (χ4n) is 2.89. The maximum Gasteiger partial charge on any atom is 0.326 e. The van der Waals surface area contributed by atoms with Gasteiger partial charge in [-0.05, 0) is 43.0 Å². The number of benzene rings is 1. The van der Waals surface area contributed by atoms with Crippen LogP contribution in [0.5, 0.6) is 0 Å². The molecule has 0 radical (unpaired) electrons. The molecule has 0 aliphatic heterocycles. The summed E-state index contributed by atoms with van der Waals surface area (Å²) in [6, 6.07) is 6.21. The number of thioether (sulfide) groups is 1. The lowest BCUT2D eigenvalue weighted by Gasteiger charge is -2.12. The number of nitrogens with one attached hydrogen (secondary N) is 3. The highest BCUT2D eigenvalue weighted by atomic mass is 32.2. The van der Waals surface area contributed by atoms with Crippen LogP contribution in [0.1, 0.15) is 28.2 Å². The van der Waals surface area contributed by atoms with E-state index in [9.17, 15) is 19.5 Å². The largest absolute Gasteiger partial charge is 0.480 e. The summed E-state index contributed by atoms with van der Waals surface area (Å²) in [5.74, 6) is -0.986. The van der Waals surface area contributed by atoms with Gasteiger partial charge in [0.2, 0.25) is 5.91 Å². The molecule has 2 heterocycles. The Morgan fingerprint density at radius 3 is 2.87 bits per heavy atom.